The molecule has 3 heterocycles. The highest BCUT2D eigenvalue weighted by Crippen LogP contribution is 2.33. The van der Waals surface area contributed by atoms with Crippen LogP contribution in [0, 0.1) is 0 Å². The third-order valence-electron chi connectivity index (χ3n) is 6.21. The van der Waals surface area contributed by atoms with E-state index in [-0.39, 0.29) is 49.8 Å². The zero-order chi connectivity index (χ0) is 24.7. The van der Waals surface area contributed by atoms with Gasteiger partial charge in [0, 0.05) is 24.7 Å². The SMILES string of the molecule is O=C1OCCO[C@@H]2C[C@@H](c3ccccc3)C=C(O2)C(=O)OCCO[C@H]2C[C@H](c3ccccc3)C=C1O2. The summed E-state index contributed by atoms with van der Waals surface area (Å²) in [7, 11) is 0. The number of benzene rings is 2. The number of hydrogen-bond acceptors (Lipinski definition) is 8. The van der Waals surface area contributed by atoms with Gasteiger partial charge in [-0.05, 0) is 23.3 Å². The molecule has 0 radical (unpaired) electrons. The van der Waals surface area contributed by atoms with Crippen molar-refractivity contribution in [1.29, 1.82) is 0 Å². The van der Waals surface area contributed by atoms with Crippen LogP contribution in [0.4, 0.5) is 0 Å². The van der Waals surface area contributed by atoms with Gasteiger partial charge in [0.1, 0.15) is 13.2 Å². The maximum atomic E-state index is 12.8. The summed E-state index contributed by atoms with van der Waals surface area (Å²) in [6.07, 6.45) is 3.14. The van der Waals surface area contributed by atoms with Gasteiger partial charge in [0.2, 0.25) is 24.1 Å². The first-order chi connectivity index (χ1) is 17.7. The summed E-state index contributed by atoms with van der Waals surface area (Å²) in [5, 5.41) is 0. The fourth-order valence-corrected chi connectivity index (χ4v) is 4.45. The highest BCUT2D eigenvalue weighted by atomic mass is 16.7. The number of allylic oxidation sites excluding steroid dienone is 2. The lowest BCUT2D eigenvalue weighted by atomic mass is 9.93. The number of ether oxygens (including phenoxy) is 6. The van der Waals surface area contributed by atoms with Gasteiger partial charge in [-0.3, -0.25) is 0 Å². The number of esters is 2. The molecule has 5 rings (SSSR count). The number of cyclic esters (lactones) is 2. The fraction of sp³-hybridized carbons (Fsp3) is 0.357. The van der Waals surface area contributed by atoms with E-state index in [9.17, 15) is 9.59 Å². The Kier molecular flexibility index (Phi) is 7.64. The Balaban J connectivity index is 1.31. The van der Waals surface area contributed by atoms with Gasteiger partial charge in [-0.2, -0.15) is 0 Å². The second-order valence-corrected chi connectivity index (χ2v) is 8.68. The summed E-state index contributed by atoms with van der Waals surface area (Å²) in [5.41, 5.74) is 2.07. The standard InChI is InChI=1S/C28H28O8/c29-27-23-15-21(19-7-3-1-4-8-19)17-25(35-23)31-11-13-34-28(30)24-16-22(20-9-5-2-6-10-20)18-26(36-24)32-12-14-33-27/h1-10,15-16,21-22,25-26H,11-14,17-18H2/t21-,22+,25-,26+. The second kappa shape index (κ2) is 11.4. The molecule has 36 heavy (non-hydrogen) atoms. The molecule has 3 aliphatic rings. The smallest absolute Gasteiger partial charge is 0.373 e. The molecule has 0 amide bonds. The van der Waals surface area contributed by atoms with E-state index in [4.69, 9.17) is 28.4 Å². The number of rotatable bonds is 2. The number of fused-ring (bicyclic) bond motifs is 4. The van der Waals surface area contributed by atoms with Crippen LogP contribution in [0.5, 0.6) is 0 Å². The van der Waals surface area contributed by atoms with Crippen molar-refractivity contribution < 1.29 is 38.0 Å². The number of hydrogen-bond donors (Lipinski definition) is 0. The van der Waals surface area contributed by atoms with Crippen molar-refractivity contribution in [3.63, 3.8) is 0 Å². The minimum atomic E-state index is -0.692. The molecule has 8 heteroatoms. The van der Waals surface area contributed by atoms with Crippen LogP contribution in [0.2, 0.25) is 0 Å². The molecular weight excluding hydrogens is 464 g/mol. The molecule has 0 spiro atoms. The molecule has 0 aromatic heterocycles. The normalized spacial score (nSPS) is 27.3. The van der Waals surface area contributed by atoms with Gasteiger partial charge < -0.3 is 28.4 Å². The summed E-state index contributed by atoms with van der Waals surface area (Å²) < 4.78 is 34.0. The molecule has 188 valence electrons. The third-order valence-corrected chi connectivity index (χ3v) is 6.21. The van der Waals surface area contributed by atoms with Gasteiger partial charge >= 0.3 is 11.9 Å². The molecule has 8 nitrogen and oxygen atoms in total. The van der Waals surface area contributed by atoms with Crippen LogP contribution in [0.25, 0.3) is 0 Å². The van der Waals surface area contributed by atoms with Gasteiger partial charge in [-0.25, -0.2) is 9.59 Å². The zero-order valence-electron chi connectivity index (χ0n) is 19.7. The minimum absolute atomic E-state index is 0.000415. The van der Waals surface area contributed by atoms with Crippen LogP contribution < -0.4 is 0 Å². The molecule has 0 unspecified atom stereocenters. The highest BCUT2D eigenvalue weighted by molar-refractivity contribution is 5.87. The Labute approximate surface area is 209 Å². The average molecular weight is 493 g/mol. The Hall–Kier alpha value is -3.62. The lowest BCUT2D eigenvalue weighted by molar-refractivity contribution is -0.179. The first kappa shape index (κ1) is 24.1. The lowest BCUT2D eigenvalue weighted by Gasteiger charge is -2.30. The van der Waals surface area contributed by atoms with Crippen molar-refractivity contribution in [3.05, 3.63) is 95.5 Å². The van der Waals surface area contributed by atoms with Gasteiger partial charge in [0.05, 0.1) is 13.2 Å². The first-order valence-corrected chi connectivity index (χ1v) is 12.1. The van der Waals surface area contributed by atoms with Crippen LogP contribution in [-0.2, 0) is 38.0 Å². The molecule has 1 saturated heterocycles. The van der Waals surface area contributed by atoms with Crippen LogP contribution >= 0.6 is 0 Å². The van der Waals surface area contributed by atoms with Gasteiger partial charge in [0.15, 0.2) is 0 Å². The van der Waals surface area contributed by atoms with Gasteiger partial charge in [-0.1, -0.05) is 60.7 Å². The van der Waals surface area contributed by atoms with E-state index in [0.717, 1.165) is 11.1 Å². The quantitative estimate of drug-likeness (QED) is 0.583. The summed E-state index contributed by atoms with van der Waals surface area (Å²) in [6, 6.07) is 19.6. The molecule has 3 aliphatic heterocycles. The molecule has 0 N–H and O–H groups in total. The van der Waals surface area contributed by atoms with E-state index >= 15 is 0 Å². The Morgan fingerprint density at radius 3 is 1.39 bits per heavy atom. The topological polar surface area (TPSA) is 89.5 Å². The van der Waals surface area contributed by atoms with Crippen molar-refractivity contribution in [2.75, 3.05) is 26.4 Å². The van der Waals surface area contributed by atoms with E-state index in [1.165, 1.54) is 0 Å². The molecule has 4 bridgehead atoms. The molecule has 2 aromatic rings. The van der Waals surface area contributed by atoms with E-state index in [0.29, 0.717) is 12.8 Å². The maximum Gasteiger partial charge on any atom is 0.373 e. The third kappa shape index (κ3) is 5.95. The average Bonchev–Trinajstić information content (AvgIpc) is 2.93. The minimum Gasteiger partial charge on any atom is -0.458 e. The maximum absolute atomic E-state index is 12.8. The molecule has 0 saturated carbocycles. The summed E-state index contributed by atoms with van der Waals surface area (Å²) in [5.74, 6) is -1.16. The predicted molar refractivity (Wildman–Crippen MR) is 127 cm³/mol. The molecule has 4 atom stereocenters. The van der Waals surface area contributed by atoms with Crippen molar-refractivity contribution in [2.24, 2.45) is 0 Å². The monoisotopic (exact) mass is 492 g/mol. The lowest BCUT2D eigenvalue weighted by Crippen LogP contribution is -2.32. The second-order valence-electron chi connectivity index (χ2n) is 8.68. The molecule has 1 fully saturated rings. The van der Waals surface area contributed by atoms with E-state index in [2.05, 4.69) is 0 Å². The zero-order valence-corrected chi connectivity index (χ0v) is 19.7. The van der Waals surface area contributed by atoms with Gasteiger partial charge in [0.25, 0.3) is 0 Å². The van der Waals surface area contributed by atoms with E-state index in [1.54, 1.807) is 12.2 Å². The van der Waals surface area contributed by atoms with E-state index < -0.39 is 24.5 Å². The van der Waals surface area contributed by atoms with Crippen molar-refractivity contribution in [3.8, 4) is 0 Å². The fourth-order valence-electron chi connectivity index (χ4n) is 4.45. The summed E-state index contributed by atoms with van der Waals surface area (Å²) in [6.45, 7) is 0.186. The van der Waals surface area contributed by atoms with Crippen molar-refractivity contribution >= 4 is 11.9 Å². The Bertz CT molecular complexity index is 1020. The van der Waals surface area contributed by atoms with Crippen LogP contribution in [0.3, 0.4) is 0 Å². The molecular formula is C28H28O8. The first-order valence-electron chi connectivity index (χ1n) is 12.1. The van der Waals surface area contributed by atoms with E-state index in [1.807, 2.05) is 60.7 Å². The molecule has 0 aliphatic carbocycles. The number of carbonyl (C=O) groups excluding carboxylic acids is 2. The molecule has 2 aromatic carbocycles. The van der Waals surface area contributed by atoms with Gasteiger partial charge in [-0.15, -0.1) is 0 Å². The van der Waals surface area contributed by atoms with Crippen molar-refractivity contribution in [2.45, 2.75) is 37.3 Å². The van der Waals surface area contributed by atoms with Crippen LogP contribution in [-0.4, -0.2) is 50.9 Å². The Morgan fingerprint density at radius 1 is 0.556 bits per heavy atom. The predicted octanol–water partition coefficient (Wildman–Crippen LogP) is 3.95. The Morgan fingerprint density at radius 2 is 0.972 bits per heavy atom. The van der Waals surface area contributed by atoms with Crippen LogP contribution in [0.1, 0.15) is 35.8 Å². The van der Waals surface area contributed by atoms with Crippen LogP contribution in [0.15, 0.2) is 84.3 Å². The number of carbonyl (C=O) groups is 2. The summed E-state index contributed by atoms with van der Waals surface area (Å²) in [4.78, 5) is 25.5. The largest absolute Gasteiger partial charge is 0.458 e. The highest BCUT2D eigenvalue weighted by Gasteiger charge is 2.32. The van der Waals surface area contributed by atoms with Crippen molar-refractivity contribution in [1.82, 2.24) is 0 Å². The summed E-state index contributed by atoms with van der Waals surface area (Å²) >= 11 is 0.